The molecule has 0 spiro atoms. The Morgan fingerprint density at radius 1 is 1.29 bits per heavy atom. The van der Waals surface area contributed by atoms with Gasteiger partial charge in [0.15, 0.2) is 0 Å². The lowest BCUT2D eigenvalue weighted by atomic mass is 10.1. The molecule has 2 aromatic rings. The second-order valence-electron chi connectivity index (χ2n) is 5.92. The summed E-state index contributed by atoms with van der Waals surface area (Å²) >= 11 is 6.04. The van der Waals surface area contributed by atoms with E-state index in [4.69, 9.17) is 22.1 Å². The van der Waals surface area contributed by atoms with E-state index >= 15 is 0 Å². The van der Waals surface area contributed by atoms with Gasteiger partial charge in [-0.15, -0.1) is 0 Å². The van der Waals surface area contributed by atoms with Crippen molar-refractivity contribution < 1.29 is 9.53 Å². The van der Waals surface area contributed by atoms with E-state index in [1.165, 1.54) is 13.2 Å². The molecule has 24 heavy (non-hydrogen) atoms. The molecule has 0 bridgehead atoms. The molecule has 2 rings (SSSR count). The van der Waals surface area contributed by atoms with Crippen molar-refractivity contribution >= 4 is 28.9 Å². The number of amides is 1. The Balaban J connectivity index is 2.31. The van der Waals surface area contributed by atoms with Crippen molar-refractivity contribution in [3.05, 3.63) is 52.0 Å². The first-order valence-electron chi connectivity index (χ1n) is 7.50. The summed E-state index contributed by atoms with van der Waals surface area (Å²) in [6, 6.07) is 9.07. The molecule has 0 fully saturated rings. The Kier molecular flexibility index (Phi) is 5.70. The lowest BCUT2D eigenvalue weighted by Gasteiger charge is -2.15. The molecule has 0 atom stereocenters. The molecular weight excluding hydrogens is 326 g/mol. The number of halogens is 1. The van der Waals surface area contributed by atoms with Crippen LogP contribution in [0.3, 0.4) is 0 Å². The predicted molar refractivity (Wildman–Crippen MR) is 98.9 cm³/mol. The first-order valence-corrected chi connectivity index (χ1v) is 7.88. The first-order chi connectivity index (χ1) is 11.3. The van der Waals surface area contributed by atoms with Crippen molar-refractivity contribution in [3.63, 3.8) is 0 Å². The maximum absolute atomic E-state index is 12.6. The van der Waals surface area contributed by atoms with Crippen LogP contribution >= 0.6 is 11.6 Å². The topological polar surface area (TPSA) is 67.6 Å². The van der Waals surface area contributed by atoms with Crippen LogP contribution in [0.1, 0.15) is 21.5 Å². The van der Waals surface area contributed by atoms with E-state index in [9.17, 15) is 4.79 Å². The molecule has 0 saturated carbocycles. The van der Waals surface area contributed by atoms with Gasteiger partial charge in [-0.3, -0.25) is 4.79 Å². The average Bonchev–Trinajstić information content (AvgIpc) is 2.52. The Bertz CT molecular complexity index is 760. The Labute approximate surface area is 147 Å². The lowest BCUT2D eigenvalue weighted by Crippen LogP contribution is -2.15. The Hall–Kier alpha value is -2.24. The summed E-state index contributed by atoms with van der Waals surface area (Å²) in [5.41, 5.74) is 9.32. The van der Waals surface area contributed by atoms with Gasteiger partial charge in [-0.25, -0.2) is 0 Å². The lowest BCUT2D eigenvalue weighted by molar-refractivity contribution is 0.102. The van der Waals surface area contributed by atoms with E-state index in [1.54, 1.807) is 6.07 Å². The zero-order valence-electron chi connectivity index (χ0n) is 14.3. The van der Waals surface area contributed by atoms with Crippen molar-refractivity contribution in [2.75, 3.05) is 32.3 Å². The molecule has 0 saturated heterocycles. The molecule has 5 nitrogen and oxygen atoms in total. The monoisotopic (exact) mass is 347 g/mol. The second-order valence-corrected chi connectivity index (χ2v) is 6.32. The van der Waals surface area contributed by atoms with E-state index in [-0.39, 0.29) is 5.91 Å². The zero-order chi connectivity index (χ0) is 17.9. The van der Waals surface area contributed by atoms with Crippen LogP contribution in [0.5, 0.6) is 5.75 Å². The van der Waals surface area contributed by atoms with E-state index < -0.39 is 0 Å². The molecule has 0 aliphatic heterocycles. The number of rotatable bonds is 5. The summed E-state index contributed by atoms with van der Waals surface area (Å²) in [7, 11) is 5.49. The van der Waals surface area contributed by atoms with Crippen LogP contribution in [0.2, 0.25) is 5.02 Å². The molecule has 128 valence electrons. The number of nitrogens with zero attached hydrogens (tertiary/aromatic N) is 1. The van der Waals surface area contributed by atoms with Crippen LogP contribution in [-0.4, -0.2) is 32.0 Å². The van der Waals surface area contributed by atoms with Crippen LogP contribution in [0.25, 0.3) is 0 Å². The highest BCUT2D eigenvalue weighted by Crippen LogP contribution is 2.30. The molecule has 1 amide bonds. The number of benzene rings is 2. The normalized spacial score (nSPS) is 10.8. The Morgan fingerprint density at radius 2 is 2.00 bits per heavy atom. The predicted octanol–water partition coefficient (Wildman–Crippen LogP) is 3.55. The minimum absolute atomic E-state index is 0.293. The molecule has 2 aromatic carbocycles. The van der Waals surface area contributed by atoms with E-state index in [0.717, 1.165) is 23.4 Å². The van der Waals surface area contributed by atoms with Crippen molar-refractivity contribution in [2.45, 2.75) is 13.5 Å². The van der Waals surface area contributed by atoms with Crippen LogP contribution < -0.4 is 15.8 Å². The van der Waals surface area contributed by atoms with Gasteiger partial charge in [0.2, 0.25) is 0 Å². The molecule has 6 heteroatoms. The summed E-state index contributed by atoms with van der Waals surface area (Å²) in [5, 5.41) is 3.24. The van der Waals surface area contributed by atoms with Crippen molar-refractivity contribution in [3.8, 4) is 5.75 Å². The van der Waals surface area contributed by atoms with Gasteiger partial charge in [0, 0.05) is 18.3 Å². The van der Waals surface area contributed by atoms with Crippen LogP contribution in [0.15, 0.2) is 30.3 Å². The summed E-state index contributed by atoms with van der Waals surface area (Å²) in [5.74, 6) is 0.0929. The number of nitrogen functional groups attached to an aromatic ring is 1. The van der Waals surface area contributed by atoms with Crippen LogP contribution in [0.4, 0.5) is 11.4 Å². The van der Waals surface area contributed by atoms with Gasteiger partial charge in [-0.05, 0) is 44.3 Å². The number of methoxy groups -OCH3 is 1. The SMILES string of the molecule is COc1cc(N)c(Cl)cc1C(=O)Nc1cc(CN(C)C)ccc1C. The van der Waals surface area contributed by atoms with Gasteiger partial charge >= 0.3 is 0 Å². The standard InChI is InChI=1S/C18H22ClN3O2/c1-11-5-6-12(10-22(2)3)7-16(11)21-18(23)13-8-14(19)15(20)9-17(13)24-4/h5-9H,10,20H2,1-4H3,(H,21,23). The third kappa shape index (κ3) is 4.19. The maximum atomic E-state index is 12.6. The highest BCUT2D eigenvalue weighted by Gasteiger charge is 2.16. The summed E-state index contributed by atoms with van der Waals surface area (Å²) < 4.78 is 5.24. The Morgan fingerprint density at radius 3 is 2.62 bits per heavy atom. The minimum Gasteiger partial charge on any atom is -0.496 e. The molecule has 0 heterocycles. The number of carbonyl (C=O) groups is 1. The van der Waals surface area contributed by atoms with Crippen LogP contribution in [-0.2, 0) is 6.54 Å². The summed E-state index contributed by atoms with van der Waals surface area (Å²) in [6.07, 6.45) is 0. The quantitative estimate of drug-likeness (QED) is 0.812. The van der Waals surface area contributed by atoms with Crippen molar-refractivity contribution in [1.82, 2.24) is 4.90 Å². The molecule has 0 aliphatic carbocycles. The molecular formula is C18H22ClN3O2. The van der Waals surface area contributed by atoms with Gasteiger partial charge < -0.3 is 20.7 Å². The van der Waals surface area contributed by atoms with Gasteiger partial charge in [0.05, 0.1) is 23.4 Å². The van der Waals surface area contributed by atoms with E-state index in [0.29, 0.717) is 22.0 Å². The highest BCUT2D eigenvalue weighted by molar-refractivity contribution is 6.33. The summed E-state index contributed by atoms with van der Waals surface area (Å²) in [4.78, 5) is 14.7. The van der Waals surface area contributed by atoms with E-state index in [1.807, 2.05) is 39.2 Å². The molecule has 3 N–H and O–H groups in total. The number of aryl methyl sites for hydroxylation is 1. The second kappa shape index (κ2) is 7.55. The van der Waals surface area contributed by atoms with Crippen molar-refractivity contribution in [2.24, 2.45) is 0 Å². The molecule has 0 aliphatic rings. The summed E-state index contributed by atoms with van der Waals surface area (Å²) in [6.45, 7) is 2.74. The number of carbonyl (C=O) groups excluding carboxylic acids is 1. The third-order valence-electron chi connectivity index (χ3n) is 3.61. The first kappa shape index (κ1) is 18.1. The van der Waals surface area contributed by atoms with Gasteiger partial charge in [-0.2, -0.15) is 0 Å². The number of nitrogens with one attached hydrogen (secondary N) is 1. The minimum atomic E-state index is -0.293. The molecule has 0 aromatic heterocycles. The fraction of sp³-hybridized carbons (Fsp3) is 0.278. The van der Waals surface area contributed by atoms with Gasteiger partial charge in [-0.1, -0.05) is 23.7 Å². The number of ether oxygens (including phenoxy) is 1. The highest BCUT2D eigenvalue weighted by atomic mass is 35.5. The van der Waals surface area contributed by atoms with Gasteiger partial charge in [0.1, 0.15) is 5.75 Å². The molecule has 0 unspecified atom stereocenters. The number of anilines is 2. The average molecular weight is 348 g/mol. The number of hydrogen-bond donors (Lipinski definition) is 2. The number of hydrogen-bond acceptors (Lipinski definition) is 4. The zero-order valence-corrected chi connectivity index (χ0v) is 15.1. The van der Waals surface area contributed by atoms with Gasteiger partial charge in [0.25, 0.3) is 5.91 Å². The van der Waals surface area contributed by atoms with E-state index in [2.05, 4.69) is 10.2 Å². The maximum Gasteiger partial charge on any atom is 0.259 e. The third-order valence-corrected chi connectivity index (χ3v) is 3.94. The molecule has 0 radical (unpaired) electrons. The fourth-order valence-corrected chi connectivity index (χ4v) is 2.54. The smallest absolute Gasteiger partial charge is 0.259 e. The number of nitrogens with two attached hydrogens (primary N) is 1. The fourth-order valence-electron chi connectivity index (χ4n) is 2.37. The largest absolute Gasteiger partial charge is 0.496 e. The van der Waals surface area contributed by atoms with Crippen LogP contribution in [0, 0.1) is 6.92 Å². The van der Waals surface area contributed by atoms with Crippen molar-refractivity contribution in [1.29, 1.82) is 0 Å².